The van der Waals surface area contributed by atoms with Crippen molar-refractivity contribution in [1.29, 1.82) is 0 Å². The lowest BCUT2D eigenvalue weighted by Gasteiger charge is -2.05. The van der Waals surface area contributed by atoms with E-state index in [4.69, 9.17) is 4.74 Å². The Morgan fingerprint density at radius 1 is 1.83 bits per heavy atom. The highest BCUT2D eigenvalue weighted by atomic mass is 16.5. The van der Waals surface area contributed by atoms with Crippen molar-refractivity contribution in [1.82, 2.24) is 5.32 Å². The van der Waals surface area contributed by atoms with Gasteiger partial charge in [0.25, 0.3) is 0 Å². The van der Waals surface area contributed by atoms with Crippen molar-refractivity contribution in [3.8, 4) is 0 Å². The summed E-state index contributed by atoms with van der Waals surface area (Å²) < 4.78 is 4.73. The Morgan fingerprint density at radius 3 is 3.08 bits per heavy atom. The zero-order valence-corrected chi connectivity index (χ0v) is 6.71. The van der Waals surface area contributed by atoms with Crippen molar-refractivity contribution < 1.29 is 14.3 Å². The van der Waals surface area contributed by atoms with Crippen LogP contribution in [-0.2, 0) is 14.3 Å². The summed E-state index contributed by atoms with van der Waals surface area (Å²) in [6.07, 6.45) is 1.83. The standard InChI is InChI=1S/C8H11NO3/c1-2-7(10)12-5-6-3-4-9-8(6)11/h2,6H,1,3-5H2,(H,9,11). The molecule has 1 fully saturated rings. The summed E-state index contributed by atoms with van der Waals surface area (Å²) >= 11 is 0. The van der Waals surface area contributed by atoms with E-state index in [0.29, 0.717) is 6.54 Å². The van der Waals surface area contributed by atoms with Crippen LogP contribution < -0.4 is 5.32 Å². The first-order valence-corrected chi connectivity index (χ1v) is 3.81. The zero-order chi connectivity index (χ0) is 8.97. The molecule has 66 valence electrons. The number of esters is 1. The largest absolute Gasteiger partial charge is 0.462 e. The van der Waals surface area contributed by atoms with Gasteiger partial charge in [-0.2, -0.15) is 0 Å². The molecule has 0 aromatic carbocycles. The number of carbonyl (C=O) groups is 2. The lowest BCUT2D eigenvalue weighted by Crippen LogP contribution is -2.23. The van der Waals surface area contributed by atoms with Crippen molar-refractivity contribution in [2.24, 2.45) is 5.92 Å². The molecule has 1 aliphatic heterocycles. The maximum atomic E-state index is 10.9. The van der Waals surface area contributed by atoms with Crippen LogP contribution in [0.2, 0.25) is 0 Å². The second-order valence-corrected chi connectivity index (χ2v) is 2.61. The molecular formula is C8H11NO3. The van der Waals surface area contributed by atoms with Gasteiger partial charge in [0.05, 0.1) is 5.92 Å². The highest BCUT2D eigenvalue weighted by Crippen LogP contribution is 2.09. The summed E-state index contributed by atoms with van der Waals surface area (Å²) in [5, 5.41) is 2.66. The number of amides is 1. The number of hydrogen-bond donors (Lipinski definition) is 1. The van der Waals surface area contributed by atoms with Crippen molar-refractivity contribution in [3.63, 3.8) is 0 Å². The first-order valence-electron chi connectivity index (χ1n) is 3.81. The number of carbonyl (C=O) groups excluding carboxylic acids is 2. The molecular weight excluding hydrogens is 158 g/mol. The van der Waals surface area contributed by atoms with Crippen LogP contribution >= 0.6 is 0 Å². The maximum Gasteiger partial charge on any atom is 0.330 e. The molecule has 0 aromatic heterocycles. The molecule has 1 unspecified atom stereocenters. The monoisotopic (exact) mass is 169 g/mol. The molecule has 4 heteroatoms. The minimum Gasteiger partial charge on any atom is -0.462 e. The van der Waals surface area contributed by atoms with E-state index >= 15 is 0 Å². The molecule has 0 spiro atoms. The predicted octanol–water partition coefficient (Wildman–Crippen LogP) is -0.148. The van der Waals surface area contributed by atoms with Crippen LogP contribution in [-0.4, -0.2) is 25.0 Å². The molecule has 1 rings (SSSR count). The van der Waals surface area contributed by atoms with E-state index in [2.05, 4.69) is 11.9 Å². The summed E-state index contributed by atoms with van der Waals surface area (Å²) in [6, 6.07) is 0. The van der Waals surface area contributed by atoms with Gasteiger partial charge in [-0.1, -0.05) is 6.58 Å². The Labute approximate surface area is 70.6 Å². The molecule has 1 atom stereocenters. The van der Waals surface area contributed by atoms with Gasteiger partial charge < -0.3 is 10.1 Å². The Hall–Kier alpha value is -1.32. The minimum atomic E-state index is -0.477. The van der Waals surface area contributed by atoms with Gasteiger partial charge in [0, 0.05) is 12.6 Å². The van der Waals surface area contributed by atoms with Crippen molar-refractivity contribution >= 4 is 11.9 Å². The fourth-order valence-corrected chi connectivity index (χ4v) is 1.05. The second-order valence-electron chi connectivity index (χ2n) is 2.61. The van der Waals surface area contributed by atoms with Gasteiger partial charge in [-0.25, -0.2) is 4.79 Å². The Kier molecular flexibility index (Phi) is 2.85. The van der Waals surface area contributed by atoms with Crippen LogP contribution in [0.5, 0.6) is 0 Å². The van der Waals surface area contributed by atoms with Crippen LogP contribution in [0.4, 0.5) is 0 Å². The highest BCUT2D eigenvalue weighted by Gasteiger charge is 2.24. The van der Waals surface area contributed by atoms with Gasteiger partial charge in [0.2, 0.25) is 5.91 Å². The van der Waals surface area contributed by atoms with Crippen molar-refractivity contribution in [3.05, 3.63) is 12.7 Å². The van der Waals surface area contributed by atoms with Gasteiger partial charge in [0.15, 0.2) is 0 Å². The number of hydrogen-bond acceptors (Lipinski definition) is 3. The van der Waals surface area contributed by atoms with Crippen molar-refractivity contribution in [2.75, 3.05) is 13.2 Å². The van der Waals surface area contributed by atoms with E-state index in [1.54, 1.807) is 0 Å². The molecule has 0 aromatic rings. The van der Waals surface area contributed by atoms with E-state index in [1.807, 2.05) is 0 Å². The smallest absolute Gasteiger partial charge is 0.330 e. The average Bonchev–Trinajstić information content (AvgIpc) is 2.47. The first-order chi connectivity index (χ1) is 5.74. The lowest BCUT2D eigenvalue weighted by molar-refractivity contribution is -0.140. The Morgan fingerprint density at radius 2 is 2.58 bits per heavy atom. The van der Waals surface area contributed by atoms with Crippen molar-refractivity contribution in [2.45, 2.75) is 6.42 Å². The van der Waals surface area contributed by atoms with Gasteiger partial charge in [-0.15, -0.1) is 0 Å². The molecule has 0 saturated carbocycles. The zero-order valence-electron chi connectivity index (χ0n) is 6.71. The quantitative estimate of drug-likeness (QED) is 0.472. The molecule has 0 aliphatic carbocycles. The Balaban J connectivity index is 2.27. The molecule has 1 N–H and O–H groups in total. The fourth-order valence-electron chi connectivity index (χ4n) is 1.05. The van der Waals surface area contributed by atoms with Crippen LogP contribution in [0.3, 0.4) is 0 Å². The molecule has 1 aliphatic rings. The van der Waals surface area contributed by atoms with Crippen LogP contribution in [0.15, 0.2) is 12.7 Å². The van der Waals surface area contributed by atoms with Gasteiger partial charge in [-0.3, -0.25) is 4.79 Å². The summed E-state index contributed by atoms with van der Waals surface area (Å²) in [5.74, 6) is -0.685. The summed E-state index contributed by atoms with van der Waals surface area (Å²) in [4.78, 5) is 21.6. The SMILES string of the molecule is C=CC(=O)OCC1CCNC1=O. The minimum absolute atomic E-state index is 0.0353. The molecule has 0 radical (unpaired) electrons. The van der Waals surface area contributed by atoms with Gasteiger partial charge >= 0.3 is 5.97 Å². The maximum absolute atomic E-state index is 10.9. The molecule has 12 heavy (non-hydrogen) atoms. The number of rotatable bonds is 3. The topological polar surface area (TPSA) is 55.4 Å². The fraction of sp³-hybridized carbons (Fsp3) is 0.500. The summed E-state index contributed by atoms with van der Waals surface area (Å²) in [6.45, 7) is 4.09. The van der Waals surface area contributed by atoms with Gasteiger partial charge in [0.1, 0.15) is 6.61 Å². The van der Waals surface area contributed by atoms with E-state index in [1.165, 1.54) is 0 Å². The molecule has 4 nitrogen and oxygen atoms in total. The van der Waals surface area contributed by atoms with Crippen LogP contribution in [0.25, 0.3) is 0 Å². The third kappa shape index (κ3) is 2.08. The highest BCUT2D eigenvalue weighted by molar-refractivity contribution is 5.83. The normalized spacial score (nSPS) is 21.7. The predicted molar refractivity (Wildman–Crippen MR) is 42.3 cm³/mol. The summed E-state index contributed by atoms with van der Waals surface area (Å²) in [5.41, 5.74) is 0. The molecule has 1 amide bonds. The molecule has 0 bridgehead atoms. The van der Waals surface area contributed by atoms with E-state index in [9.17, 15) is 9.59 Å². The van der Waals surface area contributed by atoms with Crippen LogP contribution in [0, 0.1) is 5.92 Å². The molecule has 1 saturated heterocycles. The first kappa shape index (κ1) is 8.77. The molecule has 1 heterocycles. The van der Waals surface area contributed by atoms with E-state index in [-0.39, 0.29) is 18.4 Å². The number of nitrogens with one attached hydrogen (secondary N) is 1. The van der Waals surface area contributed by atoms with E-state index < -0.39 is 5.97 Å². The average molecular weight is 169 g/mol. The third-order valence-electron chi connectivity index (χ3n) is 1.76. The van der Waals surface area contributed by atoms with Crippen LogP contribution in [0.1, 0.15) is 6.42 Å². The van der Waals surface area contributed by atoms with E-state index in [0.717, 1.165) is 12.5 Å². The second kappa shape index (κ2) is 3.90. The summed E-state index contributed by atoms with van der Waals surface area (Å²) in [7, 11) is 0. The number of ether oxygens (including phenoxy) is 1. The third-order valence-corrected chi connectivity index (χ3v) is 1.76. The Bertz CT molecular complexity index is 212. The van der Waals surface area contributed by atoms with Gasteiger partial charge in [-0.05, 0) is 6.42 Å². The lowest BCUT2D eigenvalue weighted by atomic mass is 10.1.